The second kappa shape index (κ2) is 4.63. The number of carbonyl (C=O) groups excluding carboxylic acids is 2. The molecule has 0 fully saturated rings. The van der Waals surface area contributed by atoms with Gasteiger partial charge in [-0.15, -0.1) is 0 Å². The molecule has 2 aromatic carbocycles. The fraction of sp³-hybridized carbons (Fsp3) is 0.125. The first-order valence-electron chi connectivity index (χ1n) is 6.46. The molecule has 0 saturated heterocycles. The molecule has 2 amide bonds. The van der Waals surface area contributed by atoms with E-state index >= 15 is 0 Å². The van der Waals surface area contributed by atoms with Crippen LogP contribution in [-0.4, -0.2) is 18.9 Å². The minimum atomic E-state index is -0.351. The Kier molecular flexibility index (Phi) is 2.90. The van der Waals surface area contributed by atoms with Crippen LogP contribution in [0.4, 0.5) is 11.4 Å². The molecule has 5 nitrogen and oxygen atoms in total. The van der Waals surface area contributed by atoms with Crippen molar-refractivity contribution in [1.29, 1.82) is 0 Å². The van der Waals surface area contributed by atoms with E-state index in [1.54, 1.807) is 37.4 Å². The molecule has 0 aliphatic carbocycles. The maximum absolute atomic E-state index is 12.5. The molecule has 0 bridgehead atoms. The summed E-state index contributed by atoms with van der Waals surface area (Å²) in [5.41, 5.74) is 8.22. The maximum Gasteiger partial charge on any atom is 0.266 e. The molecule has 1 aliphatic heterocycles. The highest BCUT2D eigenvalue weighted by molar-refractivity contribution is 6.34. The third kappa shape index (κ3) is 1.94. The number of nitrogen functional groups attached to an aromatic ring is 1. The van der Waals surface area contributed by atoms with Crippen molar-refractivity contribution in [2.75, 3.05) is 17.7 Å². The topological polar surface area (TPSA) is 72.6 Å². The van der Waals surface area contributed by atoms with Crippen molar-refractivity contribution >= 4 is 23.2 Å². The van der Waals surface area contributed by atoms with E-state index in [2.05, 4.69) is 0 Å². The number of benzene rings is 2. The van der Waals surface area contributed by atoms with Crippen molar-refractivity contribution in [2.45, 2.75) is 6.92 Å². The summed E-state index contributed by atoms with van der Waals surface area (Å²) in [7, 11) is 1.57. The molecule has 0 radical (unpaired) electrons. The van der Waals surface area contributed by atoms with Crippen LogP contribution < -0.4 is 15.4 Å². The van der Waals surface area contributed by atoms with Crippen molar-refractivity contribution in [3.63, 3.8) is 0 Å². The molecule has 3 rings (SSSR count). The fourth-order valence-electron chi connectivity index (χ4n) is 2.48. The van der Waals surface area contributed by atoms with Crippen LogP contribution >= 0.6 is 0 Å². The molecule has 0 atom stereocenters. The number of hydrogen-bond acceptors (Lipinski definition) is 4. The van der Waals surface area contributed by atoms with Gasteiger partial charge in [-0.25, -0.2) is 4.90 Å². The lowest BCUT2D eigenvalue weighted by Gasteiger charge is -2.17. The minimum Gasteiger partial charge on any atom is -0.497 e. The Morgan fingerprint density at radius 3 is 2.38 bits per heavy atom. The summed E-state index contributed by atoms with van der Waals surface area (Å²) in [4.78, 5) is 26.1. The van der Waals surface area contributed by atoms with Crippen molar-refractivity contribution in [2.24, 2.45) is 0 Å². The van der Waals surface area contributed by atoms with Crippen molar-refractivity contribution in [1.82, 2.24) is 0 Å². The molecule has 0 saturated carbocycles. The maximum atomic E-state index is 12.5. The van der Waals surface area contributed by atoms with Gasteiger partial charge in [0.2, 0.25) is 0 Å². The Balaban J connectivity index is 2.10. The highest BCUT2D eigenvalue weighted by Gasteiger charge is 2.37. The number of rotatable bonds is 2. The second-order valence-corrected chi connectivity index (χ2v) is 4.90. The van der Waals surface area contributed by atoms with Gasteiger partial charge in [-0.3, -0.25) is 9.59 Å². The Hall–Kier alpha value is -2.82. The van der Waals surface area contributed by atoms with E-state index in [1.165, 1.54) is 11.0 Å². The molecule has 2 aromatic rings. The molecule has 21 heavy (non-hydrogen) atoms. The van der Waals surface area contributed by atoms with Gasteiger partial charge in [-0.05, 0) is 48.9 Å². The number of anilines is 2. The Morgan fingerprint density at radius 1 is 1.00 bits per heavy atom. The van der Waals surface area contributed by atoms with Gasteiger partial charge in [-0.2, -0.15) is 0 Å². The monoisotopic (exact) mass is 282 g/mol. The lowest BCUT2D eigenvalue weighted by Crippen LogP contribution is -2.30. The van der Waals surface area contributed by atoms with Gasteiger partial charge in [0.25, 0.3) is 11.8 Å². The van der Waals surface area contributed by atoms with E-state index in [4.69, 9.17) is 10.5 Å². The summed E-state index contributed by atoms with van der Waals surface area (Å²) < 4.78 is 5.14. The van der Waals surface area contributed by atoms with Crippen LogP contribution in [0.3, 0.4) is 0 Å². The predicted octanol–water partition coefficient (Wildman–Crippen LogP) is 2.39. The summed E-state index contributed by atoms with van der Waals surface area (Å²) in [5.74, 6) is -0.00376. The number of hydrogen-bond donors (Lipinski definition) is 1. The molecule has 1 heterocycles. The molecule has 5 heteroatoms. The van der Waals surface area contributed by atoms with Gasteiger partial charge in [0.05, 0.1) is 23.9 Å². The van der Waals surface area contributed by atoms with E-state index in [1.807, 2.05) is 6.92 Å². The van der Waals surface area contributed by atoms with Gasteiger partial charge < -0.3 is 10.5 Å². The van der Waals surface area contributed by atoms with E-state index in [-0.39, 0.29) is 11.8 Å². The van der Waals surface area contributed by atoms with Crippen molar-refractivity contribution in [3.8, 4) is 5.75 Å². The predicted molar refractivity (Wildman–Crippen MR) is 79.7 cm³/mol. The third-order valence-corrected chi connectivity index (χ3v) is 3.56. The molecule has 0 unspecified atom stereocenters. The summed E-state index contributed by atoms with van der Waals surface area (Å²) in [6, 6.07) is 9.96. The standard InChI is InChI=1S/C16H14N2O3/c1-9-7-11(21-2)4-6-14(9)18-15(19)12-5-3-10(17)8-13(12)16(18)20/h3-8H,17H2,1-2H3. The SMILES string of the molecule is COc1ccc(N2C(=O)c3ccc(N)cc3C2=O)c(C)c1. The number of carbonyl (C=O) groups is 2. The van der Waals surface area contributed by atoms with Crippen LogP contribution in [0.25, 0.3) is 0 Å². The molecule has 106 valence electrons. The van der Waals surface area contributed by atoms with E-state index in [9.17, 15) is 9.59 Å². The number of nitrogens with two attached hydrogens (primary N) is 1. The Bertz CT molecular complexity index is 768. The van der Waals surface area contributed by atoms with Crippen molar-refractivity contribution < 1.29 is 14.3 Å². The number of amides is 2. The Morgan fingerprint density at radius 2 is 1.71 bits per heavy atom. The second-order valence-electron chi connectivity index (χ2n) is 4.90. The van der Waals surface area contributed by atoms with Crippen LogP contribution in [0.2, 0.25) is 0 Å². The highest BCUT2D eigenvalue weighted by Crippen LogP contribution is 2.32. The third-order valence-electron chi connectivity index (χ3n) is 3.56. The molecule has 2 N–H and O–H groups in total. The van der Waals surface area contributed by atoms with Gasteiger partial charge in [0.15, 0.2) is 0 Å². The normalized spacial score (nSPS) is 13.5. The first kappa shape index (κ1) is 13.2. The minimum absolute atomic E-state index is 0.330. The highest BCUT2D eigenvalue weighted by atomic mass is 16.5. The lowest BCUT2D eigenvalue weighted by molar-refractivity contribution is 0.0926. The average molecular weight is 282 g/mol. The number of ether oxygens (including phenoxy) is 1. The molecular weight excluding hydrogens is 268 g/mol. The zero-order valence-corrected chi connectivity index (χ0v) is 11.7. The summed E-state index contributed by atoms with van der Waals surface area (Å²) in [6.07, 6.45) is 0. The molecule has 1 aliphatic rings. The number of imide groups is 1. The van der Waals surface area contributed by atoms with Crippen LogP contribution in [0.15, 0.2) is 36.4 Å². The smallest absolute Gasteiger partial charge is 0.266 e. The van der Waals surface area contributed by atoms with Crippen molar-refractivity contribution in [3.05, 3.63) is 53.1 Å². The quantitative estimate of drug-likeness (QED) is 0.678. The first-order chi connectivity index (χ1) is 10.0. The van der Waals surface area contributed by atoms with Gasteiger partial charge in [0.1, 0.15) is 5.75 Å². The van der Waals surface area contributed by atoms with Gasteiger partial charge in [-0.1, -0.05) is 0 Å². The fourth-order valence-corrected chi connectivity index (χ4v) is 2.48. The number of aryl methyl sites for hydroxylation is 1. The zero-order valence-electron chi connectivity index (χ0n) is 11.7. The first-order valence-corrected chi connectivity index (χ1v) is 6.46. The summed E-state index contributed by atoms with van der Waals surface area (Å²) in [5, 5.41) is 0. The molecule has 0 aromatic heterocycles. The van der Waals surface area contributed by atoms with E-state index in [0.717, 1.165) is 5.56 Å². The number of fused-ring (bicyclic) bond motifs is 1. The van der Waals surface area contributed by atoms with E-state index in [0.29, 0.717) is 28.3 Å². The number of methoxy groups -OCH3 is 1. The largest absolute Gasteiger partial charge is 0.497 e. The van der Waals surface area contributed by atoms with Crippen LogP contribution in [0.1, 0.15) is 26.3 Å². The van der Waals surface area contributed by atoms with Gasteiger partial charge in [0, 0.05) is 5.69 Å². The number of nitrogens with zero attached hydrogens (tertiary/aromatic N) is 1. The summed E-state index contributed by atoms with van der Waals surface area (Å²) in [6.45, 7) is 1.83. The van der Waals surface area contributed by atoms with E-state index < -0.39 is 0 Å². The average Bonchev–Trinajstić information content (AvgIpc) is 2.71. The Labute approximate surface area is 121 Å². The summed E-state index contributed by atoms with van der Waals surface area (Å²) >= 11 is 0. The zero-order chi connectivity index (χ0) is 15.1. The van der Waals surface area contributed by atoms with Crippen LogP contribution in [-0.2, 0) is 0 Å². The lowest BCUT2D eigenvalue weighted by atomic mass is 10.1. The van der Waals surface area contributed by atoms with Crippen LogP contribution in [0.5, 0.6) is 5.75 Å². The van der Waals surface area contributed by atoms with Gasteiger partial charge >= 0.3 is 0 Å². The molecular formula is C16H14N2O3. The molecule has 0 spiro atoms. The van der Waals surface area contributed by atoms with Crippen LogP contribution in [0, 0.1) is 6.92 Å².